The van der Waals surface area contributed by atoms with Crippen LogP contribution in [0.3, 0.4) is 0 Å². The molecule has 0 saturated carbocycles. The molecule has 3 unspecified atom stereocenters. The highest BCUT2D eigenvalue weighted by molar-refractivity contribution is 8.07. The lowest BCUT2D eigenvalue weighted by molar-refractivity contribution is -0.0565. The fourth-order valence-electron chi connectivity index (χ4n) is 9.32. The van der Waals surface area contributed by atoms with Crippen molar-refractivity contribution in [1.29, 1.82) is 0 Å². The molecule has 15 N–H and O–H groups in total. The predicted octanol–water partition coefficient (Wildman–Crippen LogP) is -2.24. The number of H-pyrrole nitrogens is 2. The van der Waals surface area contributed by atoms with Crippen LogP contribution < -0.4 is 45.4 Å². The van der Waals surface area contributed by atoms with Crippen LogP contribution in [-0.4, -0.2) is 158 Å². The van der Waals surface area contributed by atoms with Crippen LogP contribution in [0.15, 0.2) is 50.3 Å². The first-order valence-electron chi connectivity index (χ1n) is 23.9. The third kappa shape index (κ3) is 12.6. The van der Waals surface area contributed by atoms with Crippen molar-refractivity contribution in [3.05, 3.63) is 78.4 Å². The lowest BCUT2D eigenvalue weighted by Gasteiger charge is -2.28. The number of aliphatic hydroxyl groups excluding tert-OH is 2. The molecule has 4 aliphatic rings. The van der Waals surface area contributed by atoms with Crippen LogP contribution >= 0.6 is 20.2 Å². The van der Waals surface area contributed by atoms with Gasteiger partial charge < -0.3 is 93.9 Å². The fourth-order valence-corrected chi connectivity index (χ4v) is 13.7. The number of aliphatic hydroxyl groups is 2. The van der Waals surface area contributed by atoms with Gasteiger partial charge in [-0.25, -0.2) is 19.6 Å². The number of ether oxygens (including phenoxy) is 4. The SMILES string of the molecule is Cc1cn([C@H]2C[C@H](OP(O)(=S)OC[C@H]3O[C@@H](n4ccc(N)nc4=O)C[C@@H]3OP(O)(=S)OC[C@H]3O[C@@H](n4cnc5c(N)nc(N)nc54)C[C@@H]3O)[C@@H](COP(O)(=S)O[C@H]3C[C@H](n4cnc5c(=O)[nH]c(N)nc54)O[C@@H]3CO)O2)c(=O)[nH]c1=O. The number of nitrogen functional groups attached to an aromatic ring is 4. The molecule has 4 fully saturated rings. The minimum atomic E-state index is -4.46. The summed E-state index contributed by atoms with van der Waals surface area (Å²) in [6.45, 7) is -14.0. The van der Waals surface area contributed by atoms with Crippen molar-refractivity contribution in [1.82, 2.24) is 58.1 Å². The number of nitrogens with two attached hydrogens (primary N) is 4. The smallest absolute Gasteiger partial charge is 0.351 e. The number of nitrogens with zero attached hydrogens (tertiary/aromatic N) is 10. The van der Waals surface area contributed by atoms with Gasteiger partial charge in [0.1, 0.15) is 60.7 Å². The Bertz CT molecular complexity index is 3720. The second-order valence-electron chi connectivity index (χ2n) is 18.5. The van der Waals surface area contributed by atoms with E-state index in [0.717, 1.165) is 9.13 Å². The van der Waals surface area contributed by atoms with Crippen molar-refractivity contribution >= 4 is 101 Å². The summed E-state index contributed by atoms with van der Waals surface area (Å²) < 4.78 is 64.4. The summed E-state index contributed by atoms with van der Waals surface area (Å²) in [6.07, 6.45) is -8.85. The molecule has 0 amide bonds. The van der Waals surface area contributed by atoms with E-state index in [0.29, 0.717) is 0 Å². The molecular formula is C39H51N16O19P3S3. The van der Waals surface area contributed by atoms with E-state index in [4.69, 9.17) is 104 Å². The molecule has 35 nitrogen and oxygen atoms in total. The van der Waals surface area contributed by atoms with Gasteiger partial charge in [0.2, 0.25) is 11.9 Å². The number of hydrogen-bond acceptors (Lipinski definition) is 29. The maximum absolute atomic E-state index is 13.1. The molecule has 0 aromatic carbocycles. The number of hydrogen-bond donors (Lipinski definition) is 11. The monoisotopic (exact) mass is 1240 g/mol. The Morgan fingerprint density at radius 3 is 1.74 bits per heavy atom. The van der Waals surface area contributed by atoms with Crippen molar-refractivity contribution in [3.8, 4) is 0 Å². The highest BCUT2D eigenvalue weighted by atomic mass is 32.5. The number of aromatic amines is 2. The molecule has 41 heteroatoms. The first-order chi connectivity index (χ1) is 37.8. The van der Waals surface area contributed by atoms with E-state index in [1.165, 1.54) is 47.2 Å². The molecule has 0 radical (unpaired) electrons. The topological polar surface area (TPSA) is 494 Å². The molecule has 4 saturated heterocycles. The van der Waals surface area contributed by atoms with Gasteiger partial charge in [-0.05, 0) is 48.4 Å². The van der Waals surface area contributed by atoms with Crippen LogP contribution in [0.4, 0.5) is 23.5 Å². The molecule has 0 spiro atoms. The highest BCUT2D eigenvalue weighted by Crippen LogP contribution is 2.54. The van der Waals surface area contributed by atoms with E-state index in [1.807, 2.05) is 0 Å². The van der Waals surface area contributed by atoms with Crippen LogP contribution in [-0.2, 0) is 81.5 Å². The summed E-state index contributed by atoms with van der Waals surface area (Å²) in [5, 5.41) is 21.2. The standard InChI is InChI=1S/C39H51N16O19P3S3/c1-15-8-53(39(61)51-34(15)58)27-7-19(23(71-27)12-66-76(63,79)72-17-5-28(68-20(17)9-56)55-14-45-30-33(55)49-37(43)50-35(30)59)74-77(64,80)67-11-22-18(6-26(70-22)52-3-2-24(40)46-38(52)60)73-75(62,78)65-10-21-16(57)4-25(69-21)54-13-44-29-31(41)47-36(42)48-32(29)54/h2-3,8,13-14,16-23,25-28,56-57H,4-7,9-12H2,1H3,(H,62,78)(H,63,79)(H,64,80)(H2,40,46,60)(H,51,58,61)(H4,41,42,47,48)(H3,43,49,50,59)/t16-,17-,18-,19-,20+,21+,22+,23+,25+,26+,27+,28+,75?,76?,77?/m0/s1. The Labute approximate surface area is 462 Å². The first kappa shape index (κ1) is 58.2. The van der Waals surface area contributed by atoms with Crippen LogP contribution in [0.25, 0.3) is 22.3 Å². The number of aryl methyl sites for hydroxylation is 1. The van der Waals surface area contributed by atoms with Gasteiger partial charge in [0.25, 0.3) is 11.1 Å². The van der Waals surface area contributed by atoms with Gasteiger partial charge >= 0.3 is 31.5 Å². The average Bonchev–Trinajstić information content (AvgIpc) is 4.31. The molecule has 4 aliphatic heterocycles. The molecule has 80 heavy (non-hydrogen) atoms. The second kappa shape index (κ2) is 23.0. The summed E-state index contributed by atoms with van der Waals surface area (Å²) in [7, 11) is 0. The Balaban J connectivity index is 0.816. The van der Waals surface area contributed by atoms with E-state index in [2.05, 4.69) is 39.9 Å². The molecular weight excluding hydrogens is 1190 g/mol. The maximum atomic E-state index is 13.1. The van der Waals surface area contributed by atoms with Crippen LogP contribution in [0.5, 0.6) is 0 Å². The van der Waals surface area contributed by atoms with Crippen molar-refractivity contribution in [3.63, 3.8) is 0 Å². The molecule has 434 valence electrons. The molecule has 10 rings (SSSR count). The number of aromatic nitrogens is 12. The van der Waals surface area contributed by atoms with Gasteiger partial charge in [-0.2, -0.15) is 19.9 Å². The summed E-state index contributed by atoms with van der Waals surface area (Å²) >= 11 is 16.3. The van der Waals surface area contributed by atoms with Crippen molar-refractivity contribution < 1.29 is 71.0 Å². The van der Waals surface area contributed by atoms with E-state index < -0.39 is 143 Å². The van der Waals surface area contributed by atoms with Crippen molar-refractivity contribution in [2.75, 3.05) is 49.4 Å². The number of nitrogens with one attached hydrogen (secondary N) is 2. The van der Waals surface area contributed by atoms with Gasteiger partial charge in [-0.3, -0.25) is 37.8 Å². The number of anilines is 4. The van der Waals surface area contributed by atoms with Crippen molar-refractivity contribution in [2.45, 2.75) is 106 Å². The van der Waals surface area contributed by atoms with E-state index in [9.17, 15) is 44.1 Å². The zero-order valence-electron chi connectivity index (χ0n) is 41.3. The lowest BCUT2D eigenvalue weighted by Crippen LogP contribution is -2.33. The van der Waals surface area contributed by atoms with E-state index in [-0.39, 0.29) is 77.1 Å². The number of imidazole rings is 2. The summed E-state index contributed by atoms with van der Waals surface area (Å²) in [4.78, 5) is 114. The third-order valence-corrected chi connectivity index (χ3v) is 17.9. The predicted molar refractivity (Wildman–Crippen MR) is 285 cm³/mol. The molecule has 6 aromatic heterocycles. The van der Waals surface area contributed by atoms with Crippen molar-refractivity contribution in [2.24, 2.45) is 0 Å². The third-order valence-electron chi connectivity index (χ3n) is 13.1. The minimum Gasteiger partial charge on any atom is -0.394 e. The minimum absolute atomic E-state index is 0.0322. The maximum Gasteiger partial charge on any atom is 0.351 e. The molecule has 0 bridgehead atoms. The normalized spacial score (nSPS) is 29.3. The highest BCUT2D eigenvalue weighted by Gasteiger charge is 2.47. The van der Waals surface area contributed by atoms with E-state index >= 15 is 0 Å². The van der Waals surface area contributed by atoms with Crippen LogP contribution in [0.2, 0.25) is 0 Å². The van der Waals surface area contributed by atoms with Crippen LogP contribution in [0, 0.1) is 6.92 Å². The summed E-state index contributed by atoms with van der Waals surface area (Å²) in [5.74, 6) is -0.341. The van der Waals surface area contributed by atoms with Gasteiger partial charge in [-0.15, -0.1) is 0 Å². The molecule has 6 aromatic rings. The van der Waals surface area contributed by atoms with Gasteiger partial charge in [0.15, 0.2) is 22.6 Å². The molecule has 15 atom stereocenters. The van der Waals surface area contributed by atoms with Gasteiger partial charge in [0, 0.05) is 43.6 Å². The zero-order valence-corrected chi connectivity index (χ0v) is 46.4. The summed E-state index contributed by atoms with van der Waals surface area (Å²) in [5.41, 5.74) is 21.0. The largest absolute Gasteiger partial charge is 0.394 e. The Kier molecular flexibility index (Phi) is 16.7. The first-order valence-corrected chi connectivity index (χ1v) is 31.6. The fraction of sp³-hybridized carbons (Fsp3) is 0.538. The quantitative estimate of drug-likeness (QED) is 0.0360. The van der Waals surface area contributed by atoms with Gasteiger partial charge in [0.05, 0.1) is 63.5 Å². The van der Waals surface area contributed by atoms with Gasteiger partial charge in [-0.1, -0.05) is 0 Å². The zero-order chi connectivity index (χ0) is 57.2. The Hall–Kier alpha value is -4.99. The lowest BCUT2D eigenvalue weighted by atomic mass is 10.2. The molecule has 0 aliphatic carbocycles. The summed E-state index contributed by atoms with van der Waals surface area (Å²) in [6, 6.07) is 1.34. The average molecular weight is 1240 g/mol. The number of fused-ring (bicyclic) bond motifs is 2. The van der Waals surface area contributed by atoms with E-state index in [1.54, 1.807) is 0 Å². The number of rotatable bonds is 20. The second-order valence-corrected chi connectivity index (χ2v) is 26.9. The van der Waals surface area contributed by atoms with Crippen LogP contribution in [0.1, 0.15) is 56.2 Å². The molecule has 10 heterocycles. The Morgan fingerprint density at radius 1 is 0.650 bits per heavy atom. The Morgan fingerprint density at radius 2 is 1.15 bits per heavy atom.